The highest BCUT2D eigenvalue weighted by molar-refractivity contribution is 6.36. The number of hydrogen-bond acceptors (Lipinski definition) is 4. The maximum atomic E-state index is 12.4. The molecule has 0 aromatic rings. The summed E-state index contributed by atoms with van der Waals surface area (Å²) in [6.07, 6.45) is 8.26. The van der Waals surface area contributed by atoms with Gasteiger partial charge >= 0.3 is 0 Å². The maximum absolute atomic E-state index is 12.4. The number of allylic oxidation sites excluding steroid dienone is 3. The molecule has 4 aliphatic carbocycles. The average Bonchev–Trinajstić information content (AvgIpc) is 2.92. The van der Waals surface area contributed by atoms with Crippen LogP contribution in [0.15, 0.2) is 23.5 Å². The van der Waals surface area contributed by atoms with Crippen LogP contribution < -0.4 is 5.73 Å². The number of carbonyl (C=O) groups excluding carboxylic acids is 3. The summed E-state index contributed by atoms with van der Waals surface area (Å²) in [5.41, 5.74) is 5.70. The van der Waals surface area contributed by atoms with Gasteiger partial charge in [0.2, 0.25) is 5.78 Å². The molecule has 3 fully saturated rings. The SMILES string of the molecule is C[C@]12C(O)=CC(=O)C=C1CC[C@@H]1[C@@H]2CC[C@]2(C)[C@@H](C(=O)C(N)=O)CC[C@@H]12. The Balaban J connectivity index is 1.68. The first-order valence-electron chi connectivity index (χ1n) is 9.69. The van der Waals surface area contributed by atoms with Crippen molar-refractivity contribution in [3.8, 4) is 0 Å². The lowest BCUT2D eigenvalue weighted by molar-refractivity contribution is -0.142. The molecule has 0 heterocycles. The minimum Gasteiger partial charge on any atom is -0.511 e. The van der Waals surface area contributed by atoms with E-state index >= 15 is 0 Å². The zero-order valence-corrected chi connectivity index (χ0v) is 15.5. The second-order valence-electron chi connectivity index (χ2n) is 9.12. The van der Waals surface area contributed by atoms with Crippen molar-refractivity contribution in [2.75, 3.05) is 0 Å². The summed E-state index contributed by atoms with van der Waals surface area (Å²) in [5, 5.41) is 10.7. The first-order valence-corrected chi connectivity index (χ1v) is 9.69. The fourth-order valence-electron chi connectivity index (χ4n) is 6.90. The summed E-state index contributed by atoms with van der Waals surface area (Å²) < 4.78 is 0. The molecule has 0 spiro atoms. The van der Waals surface area contributed by atoms with Gasteiger partial charge in [0.15, 0.2) is 5.78 Å². The van der Waals surface area contributed by atoms with E-state index in [1.165, 1.54) is 6.08 Å². The first kappa shape index (κ1) is 17.5. The molecule has 1 amide bonds. The Morgan fingerprint density at radius 3 is 2.54 bits per heavy atom. The quantitative estimate of drug-likeness (QED) is 0.743. The fraction of sp³-hybridized carbons (Fsp3) is 0.667. The summed E-state index contributed by atoms with van der Waals surface area (Å²) >= 11 is 0. The van der Waals surface area contributed by atoms with Crippen molar-refractivity contribution in [2.45, 2.75) is 52.4 Å². The third-order valence-electron chi connectivity index (χ3n) is 8.28. The highest BCUT2D eigenvalue weighted by Crippen LogP contribution is 2.66. The fourth-order valence-corrected chi connectivity index (χ4v) is 6.90. The van der Waals surface area contributed by atoms with Crippen LogP contribution in [-0.2, 0) is 14.4 Å². The lowest BCUT2D eigenvalue weighted by atomic mass is 9.47. The lowest BCUT2D eigenvalue weighted by Crippen LogP contribution is -2.52. The lowest BCUT2D eigenvalue weighted by Gasteiger charge is -2.57. The van der Waals surface area contributed by atoms with E-state index in [0.29, 0.717) is 11.8 Å². The Labute approximate surface area is 153 Å². The number of primary amides is 1. The number of aliphatic hydroxyl groups excluding tert-OH is 1. The molecule has 5 nitrogen and oxygen atoms in total. The van der Waals surface area contributed by atoms with Crippen LogP contribution >= 0.6 is 0 Å². The Hall–Kier alpha value is -1.91. The summed E-state index contributed by atoms with van der Waals surface area (Å²) in [6, 6.07) is 0. The number of ketones is 2. The molecule has 6 atom stereocenters. The molecule has 140 valence electrons. The van der Waals surface area contributed by atoms with Gasteiger partial charge in [-0.1, -0.05) is 12.5 Å². The molecular weight excluding hydrogens is 330 g/mol. The van der Waals surface area contributed by atoms with E-state index in [4.69, 9.17) is 5.73 Å². The molecule has 3 N–H and O–H groups in total. The highest BCUT2D eigenvalue weighted by atomic mass is 16.3. The van der Waals surface area contributed by atoms with Crippen LogP contribution in [0.1, 0.15) is 52.4 Å². The van der Waals surface area contributed by atoms with Gasteiger partial charge in [0.1, 0.15) is 5.76 Å². The van der Waals surface area contributed by atoms with E-state index in [2.05, 4.69) is 13.8 Å². The minimum absolute atomic E-state index is 0.123. The van der Waals surface area contributed by atoms with Gasteiger partial charge in [-0.3, -0.25) is 14.4 Å². The highest BCUT2D eigenvalue weighted by Gasteiger charge is 2.61. The van der Waals surface area contributed by atoms with E-state index in [1.807, 2.05) is 0 Å². The molecule has 0 unspecified atom stereocenters. The molecule has 0 saturated heterocycles. The Kier molecular flexibility index (Phi) is 3.73. The number of Topliss-reactive ketones (excluding diaryl/α,β-unsaturated/α-hetero) is 1. The predicted octanol–water partition coefficient (Wildman–Crippen LogP) is 2.85. The van der Waals surface area contributed by atoms with Crippen LogP contribution in [0.4, 0.5) is 0 Å². The predicted molar refractivity (Wildman–Crippen MR) is 95.9 cm³/mol. The number of aliphatic hydroxyl groups is 1. The second-order valence-corrected chi connectivity index (χ2v) is 9.12. The topological polar surface area (TPSA) is 97.5 Å². The number of nitrogens with two attached hydrogens (primary N) is 1. The third-order valence-corrected chi connectivity index (χ3v) is 8.28. The third kappa shape index (κ3) is 2.12. The van der Waals surface area contributed by atoms with E-state index in [1.54, 1.807) is 6.08 Å². The molecule has 0 aromatic carbocycles. The van der Waals surface area contributed by atoms with Crippen molar-refractivity contribution in [1.29, 1.82) is 0 Å². The van der Waals surface area contributed by atoms with Crippen LogP contribution in [0.25, 0.3) is 0 Å². The van der Waals surface area contributed by atoms with Crippen molar-refractivity contribution >= 4 is 17.5 Å². The van der Waals surface area contributed by atoms with Gasteiger partial charge < -0.3 is 10.8 Å². The Bertz CT molecular complexity index is 766. The maximum Gasteiger partial charge on any atom is 0.285 e. The molecule has 3 saturated carbocycles. The van der Waals surface area contributed by atoms with E-state index < -0.39 is 17.1 Å². The van der Waals surface area contributed by atoms with Crippen molar-refractivity contribution in [1.82, 2.24) is 0 Å². The summed E-state index contributed by atoms with van der Waals surface area (Å²) in [5.74, 6) is -0.403. The van der Waals surface area contributed by atoms with Crippen LogP contribution in [-0.4, -0.2) is 22.6 Å². The number of rotatable bonds is 2. The average molecular weight is 357 g/mol. The second kappa shape index (κ2) is 5.54. The van der Waals surface area contributed by atoms with Gasteiger partial charge in [-0.15, -0.1) is 0 Å². The molecule has 0 bridgehead atoms. The van der Waals surface area contributed by atoms with Crippen molar-refractivity contribution < 1.29 is 19.5 Å². The van der Waals surface area contributed by atoms with Crippen LogP contribution in [0.2, 0.25) is 0 Å². The van der Waals surface area contributed by atoms with Gasteiger partial charge in [0, 0.05) is 17.4 Å². The standard InChI is InChI=1S/C21H27NO4/c1-20-8-7-15-13(14(20)5-6-16(20)18(25)19(22)26)4-3-11-9-12(23)10-17(24)21(11,15)2/h9-10,13-16,24H,3-8H2,1-2H3,(H2,22,26)/t13-,14-,15-,16+,20-,21-/m0/s1. The van der Waals surface area contributed by atoms with Crippen molar-refractivity contribution in [2.24, 2.45) is 40.2 Å². The molecule has 0 radical (unpaired) electrons. The van der Waals surface area contributed by atoms with E-state index in [-0.39, 0.29) is 28.8 Å². The zero-order chi connectivity index (χ0) is 18.9. The summed E-state index contributed by atoms with van der Waals surface area (Å²) in [7, 11) is 0. The monoisotopic (exact) mass is 357 g/mol. The number of hydrogen-bond donors (Lipinski definition) is 2. The van der Waals surface area contributed by atoms with Gasteiger partial charge in [-0.2, -0.15) is 0 Å². The molecule has 0 aromatic heterocycles. The molecule has 4 aliphatic rings. The van der Waals surface area contributed by atoms with Crippen molar-refractivity contribution in [3.05, 3.63) is 23.5 Å². The van der Waals surface area contributed by atoms with Gasteiger partial charge in [0.05, 0.1) is 0 Å². The summed E-state index contributed by atoms with van der Waals surface area (Å²) in [6.45, 7) is 4.22. The van der Waals surface area contributed by atoms with Gasteiger partial charge in [0.25, 0.3) is 5.91 Å². The number of amides is 1. The normalized spacial score (nSPS) is 44.3. The van der Waals surface area contributed by atoms with Gasteiger partial charge in [-0.05, 0) is 74.7 Å². The minimum atomic E-state index is -0.814. The largest absolute Gasteiger partial charge is 0.511 e. The molecule has 4 rings (SSSR count). The smallest absolute Gasteiger partial charge is 0.285 e. The Morgan fingerprint density at radius 2 is 1.85 bits per heavy atom. The van der Waals surface area contributed by atoms with Crippen LogP contribution in [0, 0.1) is 34.5 Å². The Morgan fingerprint density at radius 1 is 1.12 bits per heavy atom. The number of fused-ring (bicyclic) bond motifs is 5. The number of carbonyl (C=O) groups is 3. The summed E-state index contributed by atoms with van der Waals surface area (Å²) in [4.78, 5) is 35.7. The van der Waals surface area contributed by atoms with Gasteiger partial charge in [-0.25, -0.2) is 0 Å². The zero-order valence-electron chi connectivity index (χ0n) is 15.5. The first-order chi connectivity index (χ1) is 12.2. The van der Waals surface area contributed by atoms with E-state index in [0.717, 1.165) is 44.1 Å². The molecule has 0 aliphatic heterocycles. The molecule has 26 heavy (non-hydrogen) atoms. The molecule has 5 heteroatoms. The van der Waals surface area contributed by atoms with Crippen molar-refractivity contribution in [3.63, 3.8) is 0 Å². The van der Waals surface area contributed by atoms with E-state index in [9.17, 15) is 19.5 Å². The molecular formula is C21H27NO4. The van der Waals surface area contributed by atoms with Crippen LogP contribution in [0.3, 0.4) is 0 Å². The van der Waals surface area contributed by atoms with Crippen LogP contribution in [0.5, 0.6) is 0 Å².